The molecule has 0 bridgehead atoms. The minimum Gasteiger partial charge on any atom is -0.383 e. The number of urea groups is 1. The number of nitrogens with zero attached hydrogens (tertiary/aromatic N) is 1. The fraction of sp³-hybridized carbons (Fsp3) is 0.533. The molecule has 0 radical (unpaired) electrons. The van der Waals surface area contributed by atoms with Crippen molar-refractivity contribution in [3.63, 3.8) is 0 Å². The molecule has 0 heterocycles. The number of unbranched alkanes of at least 4 members (excludes halogenated alkanes) is 1. The molecule has 0 aliphatic carbocycles. The molecule has 0 atom stereocenters. The second-order valence-corrected chi connectivity index (χ2v) is 6.62. The molecule has 1 N–H and O–H groups in total. The van der Waals surface area contributed by atoms with Crippen LogP contribution in [0.25, 0.3) is 0 Å². The van der Waals surface area contributed by atoms with Gasteiger partial charge in [-0.1, -0.05) is 25.5 Å². The maximum Gasteiger partial charge on any atom is 0.317 e. The highest BCUT2D eigenvalue weighted by atomic mass is 32.2. The van der Waals surface area contributed by atoms with Crippen LogP contribution in [-0.4, -0.2) is 38.7 Å². The Bertz CT molecular complexity index is 570. The first kappa shape index (κ1) is 18.3. The zero-order valence-electron chi connectivity index (χ0n) is 13.3. The van der Waals surface area contributed by atoms with Gasteiger partial charge in [-0.3, -0.25) is 0 Å². The van der Waals surface area contributed by atoms with E-state index < -0.39 is 10.1 Å². The third-order valence-corrected chi connectivity index (χ3v) is 3.44. The van der Waals surface area contributed by atoms with Gasteiger partial charge in [0.15, 0.2) is 0 Å². The Kier molecular flexibility index (Phi) is 7.17. The van der Waals surface area contributed by atoms with Crippen molar-refractivity contribution in [1.82, 2.24) is 10.2 Å². The number of benzene rings is 1. The third kappa shape index (κ3) is 6.80. The molecule has 1 aromatic carbocycles. The molecule has 0 fully saturated rings. The van der Waals surface area contributed by atoms with Crippen molar-refractivity contribution in [2.45, 2.75) is 33.2 Å². The van der Waals surface area contributed by atoms with Crippen LogP contribution in [0.4, 0.5) is 4.79 Å². The van der Waals surface area contributed by atoms with E-state index in [-0.39, 0.29) is 11.8 Å². The smallest absolute Gasteiger partial charge is 0.317 e. The number of hydrogen-bond acceptors (Lipinski definition) is 4. The molecular formula is C15H24N2O4S. The van der Waals surface area contributed by atoms with E-state index in [1.165, 1.54) is 0 Å². The van der Waals surface area contributed by atoms with Crippen LogP contribution in [0.3, 0.4) is 0 Å². The van der Waals surface area contributed by atoms with Crippen molar-refractivity contribution >= 4 is 16.1 Å². The Hall–Kier alpha value is -1.76. The molecule has 2 amide bonds. The molecule has 0 spiro atoms. The molecule has 0 unspecified atom stereocenters. The standard InChI is InChI=1S/C15H24N2O4S/c1-4-6-11-17(15(18)16-5-2)12-13-7-9-14(10-8-13)21-22(3,19)20/h7-10H,4-6,11-12H2,1-3H3,(H,16,18). The highest BCUT2D eigenvalue weighted by molar-refractivity contribution is 7.86. The summed E-state index contributed by atoms with van der Waals surface area (Å²) in [6.07, 6.45) is 2.95. The van der Waals surface area contributed by atoms with Crippen molar-refractivity contribution in [2.24, 2.45) is 0 Å². The lowest BCUT2D eigenvalue weighted by Crippen LogP contribution is -2.39. The van der Waals surface area contributed by atoms with Crippen LogP contribution in [0.2, 0.25) is 0 Å². The number of hydrogen-bond donors (Lipinski definition) is 1. The Labute approximate surface area is 132 Å². The summed E-state index contributed by atoms with van der Waals surface area (Å²) in [7, 11) is -3.52. The van der Waals surface area contributed by atoms with E-state index in [0.717, 1.165) is 24.7 Å². The zero-order valence-corrected chi connectivity index (χ0v) is 14.1. The van der Waals surface area contributed by atoms with Crippen LogP contribution in [0.1, 0.15) is 32.3 Å². The van der Waals surface area contributed by atoms with Crippen LogP contribution in [0.15, 0.2) is 24.3 Å². The summed E-state index contributed by atoms with van der Waals surface area (Å²) in [5.74, 6) is 0.268. The summed E-state index contributed by atoms with van der Waals surface area (Å²) in [5.41, 5.74) is 0.920. The van der Waals surface area contributed by atoms with Crippen molar-refractivity contribution in [3.8, 4) is 5.75 Å². The van der Waals surface area contributed by atoms with Gasteiger partial charge >= 0.3 is 16.1 Å². The van der Waals surface area contributed by atoms with E-state index in [0.29, 0.717) is 19.6 Å². The van der Waals surface area contributed by atoms with Crippen molar-refractivity contribution < 1.29 is 17.4 Å². The van der Waals surface area contributed by atoms with Gasteiger partial charge < -0.3 is 14.4 Å². The third-order valence-electron chi connectivity index (χ3n) is 2.94. The van der Waals surface area contributed by atoms with Crippen molar-refractivity contribution in [3.05, 3.63) is 29.8 Å². The van der Waals surface area contributed by atoms with Gasteiger partial charge in [0.05, 0.1) is 6.26 Å². The number of nitrogens with one attached hydrogen (secondary N) is 1. The molecule has 1 rings (SSSR count). The number of carbonyl (C=O) groups is 1. The number of rotatable bonds is 8. The summed E-state index contributed by atoms with van der Waals surface area (Å²) >= 11 is 0. The number of amides is 2. The van der Waals surface area contributed by atoms with E-state index in [4.69, 9.17) is 4.18 Å². The monoisotopic (exact) mass is 328 g/mol. The zero-order chi connectivity index (χ0) is 16.6. The van der Waals surface area contributed by atoms with Gasteiger partial charge in [0.25, 0.3) is 0 Å². The van der Waals surface area contributed by atoms with Crippen LogP contribution in [-0.2, 0) is 16.7 Å². The molecule has 6 nitrogen and oxygen atoms in total. The molecule has 124 valence electrons. The Morgan fingerprint density at radius 1 is 1.23 bits per heavy atom. The van der Waals surface area contributed by atoms with E-state index in [1.807, 2.05) is 6.92 Å². The normalized spacial score (nSPS) is 11.0. The van der Waals surface area contributed by atoms with Gasteiger partial charge in [-0.25, -0.2) is 4.79 Å². The van der Waals surface area contributed by atoms with Crippen LogP contribution in [0, 0.1) is 0 Å². The molecule has 1 aromatic rings. The van der Waals surface area contributed by atoms with Gasteiger partial charge in [0, 0.05) is 19.6 Å². The van der Waals surface area contributed by atoms with Gasteiger partial charge in [-0.2, -0.15) is 8.42 Å². The molecule has 0 aromatic heterocycles. The van der Waals surface area contributed by atoms with E-state index in [2.05, 4.69) is 12.2 Å². The quantitative estimate of drug-likeness (QED) is 0.743. The fourth-order valence-electron chi connectivity index (χ4n) is 1.91. The van der Waals surface area contributed by atoms with E-state index in [9.17, 15) is 13.2 Å². The fourth-order valence-corrected chi connectivity index (χ4v) is 2.37. The molecule has 0 saturated heterocycles. The first-order chi connectivity index (χ1) is 10.4. The first-order valence-electron chi connectivity index (χ1n) is 7.37. The predicted octanol–water partition coefficient (Wildman–Crippen LogP) is 2.36. The van der Waals surface area contributed by atoms with Gasteiger partial charge in [-0.05, 0) is 31.0 Å². The predicted molar refractivity (Wildman–Crippen MR) is 86.3 cm³/mol. The van der Waals surface area contributed by atoms with Crippen LogP contribution in [0.5, 0.6) is 5.75 Å². The van der Waals surface area contributed by atoms with Gasteiger partial charge in [-0.15, -0.1) is 0 Å². The summed E-state index contributed by atoms with van der Waals surface area (Å²) in [6, 6.07) is 6.61. The highest BCUT2D eigenvalue weighted by Crippen LogP contribution is 2.15. The summed E-state index contributed by atoms with van der Waals surface area (Å²) in [5, 5.41) is 2.80. The molecule has 7 heteroatoms. The largest absolute Gasteiger partial charge is 0.383 e. The maximum absolute atomic E-state index is 12.0. The SMILES string of the molecule is CCCCN(Cc1ccc(OS(C)(=O)=O)cc1)C(=O)NCC. The molecule has 0 aliphatic rings. The van der Waals surface area contributed by atoms with E-state index >= 15 is 0 Å². The molecule has 22 heavy (non-hydrogen) atoms. The lowest BCUT2D eigenvalue weighted by Gasteiger charge is -2.23. The Morgan fingerprint density at radius 3 is 2.36 bits per heavy atom. The molecule has 0 aliphatic heterocycles. The van der Waals surface area contributed by atoms with Crippen molar-refractivity contribution in [1.29, 1.82) is 0 Å². The minimum atomic E-state index is -3.52. The van der Waals surface area contributed by atoms with Gasteiger partial charge in [0.1, 0.15) is 5.75 Å². The molecule has 0 saturated carbocycles. The lowest BCUT2D eigenvalue weighted by atomic mass is 10.2. The van der Waals surface area contributed by atoms with Crippen molar-refractivity contribution in [2.75, 3.05) is 19.3 Å². The van der Waals surface area contributed by atoms with Crippen LogP contribution >= 0.6 is 0 Å². The summed E-state index contributed by atoms with van der Waals surface area (Å²) in [4.78, 5) is 13.8. The average Bonchev–Trinajstić information content (AvgIpc) is 2.44. The van der Waals surface area contributed by atoms with Gasteiger partial charge in [0.2, 0.25) is 0 Å². The van der Waals surface area contributed by atoms with E-state index in [1.54, 1.807) is 29.2 Å². The Morgan fingerprint density at radius 2 is 1.86 bits per heavy atom. The summed E-state index contributed by atoms with van der Waals surface area (Å²) < 4.78 is 26.9. The maximum atomic E-state index is 12.0. The second-order valence-electron chi connectivity index (χ2n) is 5.04. The van der Waals surface area contributed by atoms with Crippen LogP contribution < -0.4 is 9.50 Å². The second kappa shape index (κ2) is 8.63. The number of carbonyl (C=O) groups excluding carboxylic acids is 1. The molecular weight excluding hydrogens is 304 g/mol. The lowest BCUT2D eigenvalue weighted by molar-refractivity contribution is 0.195. The summed E-state index contributed by atoms with van der Waals surface area (Å²) in [6.45, 7) is 5.71. The highest BCUT2D eigenvalue weighted by Gasteiger charge is 2.12. The topological polar surface area (TPSA) is 75.7 Å². The minimum absolute atomic E-state index is 0.0904. The Balaban J connectivity index is 2.74. The average molecular weight is 328 g/mol. The first-order valence-corrected chi connectivity index (χ1v) is 9.18.